The van der Waals surface area contributed by atoms with Crippen LogP contribution in [0.15, 0.2) is 65.8 Å². The molecule has 0 amide bonds. The third kappa shape index (κ3) is 2.54. The van der Waals surface area contributed by atoms with Gasteiger partial charge in [-0.2, -0.15) is 0 Å². The number of nitrogens with zero attached hydrogens (tertiary/aromatic N) is 4. The van der Waals surface area contributed by atoms with Crippen molar-refractivity contribution in [1.29, 1.82) is 0 Å². The van der Waals surface area contributed by atoms with E-state index in [4.69, 9.17) is 10.5 Å². The number of aryl methyl sites for hydroxylation is 2. The molecule has 27 heavy (non-hydrogen) atoms. The Morgan fingerprint density at radius 2 is 2.00 bits per heavy atom. The van der Waals surface area contributed by atoms with E-state index in [-0.39, 0.29) is 6.17 Å². The van der Waals surface area contributed by atoms with Crippen molar-refractivity contribution in [3.05, 3.63) is 72.6 Å². The third-order valence-corrected chi connectivity index (χ3v) is 4.56. The normalized spacial score (nSPS) is 11.9. The van der Waals surface area contributed by atoms with Gasteiger partial charge in [-0.05, 0) is 49.7 Å². The Labute approximate surface area is 156 Å². The van der Waals surface area contributed by atoms with Gasteiger partial charge in [0.05, 0.1) is 30.6 Å². The van der Waals surface area contributed by atoms with Crippen LogP contribution in [0.5, 0.6) is 11.6 Å². The van der Waals surface area contributed by atoms with Crippen molar-refractivity contribution in [2.24, 2.45) is 0 Å². The monoisotopic (exact) mass is 357 g/mol. The average molecular weight is 357 g/mol. The van der Waals surface area contributed by atoms with E-state index < -0.39 is 0 Å². The van der Waals surface area contributed by atoms with E-state index in [9.17, 15) is 0 Å². The second-order valence-corrected chi connectivity index (χ2v) is 6.31. The van der Waals surface area contributed by atoms with Crippen molar-refractivity contribution in [3.63, 3.8) is 0 Å². The molecule has 6 nitrogen and oxygen atoms in total. The largest absolute Gasteiger partial charge is 0.464 e. The van der Waals surface area contributed by atoms with Crippen molar-refractivity contribution < 1.29 is 10.5 Å². The Kier molecular flexibility index (Phi) is 3.19. The van der Waals surface area contributed by atoms with Gasteiger partial charge >= 0.3 is 0 Å². The molecule has 4 aromatic heterocycles. The van der Waals surface area contributed by atoms with Gasteiger partial charge in [0.25, 0.3) is 0 Å². The standard InChI is InChI=1S/C21H16N4O2/c1-13-11-15(27-21-17-6-10-26-18(17)5-7-23-21)3-4-16(13)20-14(2)24-12-19-22-8-9-25(19)20/h3-12H,1-2H3/i12D. The quantitative estimate of drug-likeness (QED) is 0.457. The lowest BCUT2D eigenvalue weighted by Gasteiger charge is -2.13. The van der Waals surface area contributed by atoms with Crippen LogP contribution in [0.3, 0.4) is 0 Å². The maximum atomic E-state index is 8.02. The minimum Gasteiger partial charge on any atom is -0.464 e. The molecule has 0 atom stereocenters. The summed E-state index contributed by atoms with van der Waals surface area (Å²) in [6.45, 7) is 3.92. The number of ether oxygens (including phenoxy) is 1. The molecule has 6 heteroatoms. The molecule has 0 radical (unpaired) electrons. The predicted molar refractivity (Wildman–Crippen MR) is 102 cm³/mol. The maximum absolute atomic E-state index is 8.02. The second-order valence-electron chi connectivity index (χ2n) is 6.31. The fourth-order valence-electron chi connectivity index (χ4n) is 3.28. The Hall–Kier alpha value is -3.67. The Bertz CT molecular complexity index is 1340. The lowest BCUT2D eigenvalue weighted by atomic mass is 10.0. The van der Waals surface area contributed by atoms with E-state index in [1.165, 1.54) is 0 Å². The van der Waals surface area contributed by atoms with Crippen LogP contribution in [0.2, 0.25) is 0 Å². The fraction of sp³-hybridized carbons (Fsp3) is 0.0952. The van der Waals surface area contributed by atoms with Gasteiger partial charge < -0.3 is 9.15 Å². The molecule has 0 aliphatic rings. The summed E-state index contributed by atoms with van der Waals surface area (Å²) >= 11 is 0. The lowest BCUT2D eigenvalue weighted by Crippen LogP contribution is -1.99. The summed E-state index contributed by atoms with van der Waals surface area (Å²) in [4.78, 5) is 12.9. The molecule has 0 aliphatic heterocycles. The van der Waals surface area contributed by atoms with Crippen molar-refractivity contribution in [2.75, 3.05) is 0 Å². The van der Waals surface area contributed by atoms with Gasteiger partial charge in [-0.25, -0.2) is 9.97 Å². The molecule has 0 N–H and O–H groups in total. The molecule has 4 heterocycles. The highest BCUT2D eigenvalue weighted by Gasteiger charge is 2.13. The first-order valence-electron chi connectivity index (χ1n) is 9.03. The number of rotatable bonds is 3. The van der Waals surface area contributed by atoms with Crippen LogP contribution in [-0.4, -0.2) is 19.4 Å². The first-order valence-corrected chi connectivity index (χ1v) is 8.53. The number of furan rings is 1. The summed E-state index contributed by atoms with van der Waals surface area (Å²) in [5.41, 5.74) is 5.00. The summed E-state index contributed by atoms with van der Waals surface area (Å²) in [5.74, 6) is 1.19. The van der Waals surface area contributed by atoms with Crippen molar-refractivity contribution in [1.82, 2.24) is 19.4 Å². The molecule has 0 unspecified atom stereocenters. The molecule has 5 rings (SSSR count). The Morgan fingerprint density at radius 3 is 2.89 bits per heavy atom. The van der Waals surface area contributed by atoms with E-state index in [0.29, 0.717) is 17.3 Å². The van der Waals surface area contributed by atoms with Crippen LogP contribution in [0.4, 0.5) is 0 Å². The van der Waals surface area contributed by atoms with Gasteiger partial charge in [0, 0.05) is 24.2 Å². The SMILES string of the molecule is [2H]c1nc(C)c(-c2ccc(Oc3nccc4occc34)cc2C)n2ccnc12. The Balaban J connectivity index is 1.58. The van der Waals surface area contributed by atoms with Crippen molar-refractivity contribution in [3.8, 4) is 22.9 Å². The van der Waals surface area contributed by atoms with Crippen LogP contribution in [0, 0.1) is 13.8 Å². The van der Waals surface area contributed by atoms with Crippen LogP contribution in [0.25, 0.3) is 27.9 Å². The van der Waals surface area contributed by atoms with E-state index >= 15 is 0 Å². The third-order valence-electron chi connectivity index (χ3n) is 4.56. The van der Waals surface area contributed by atoms with Gasteiger partial charge in [-0.1, -0.05) is 0 Å². The molecular formula is C21H16N4O2. The topological polar surface area (TPSA) is 65.5 Å². The predicted octanol–water partition coefficient (Wildman–Crippen LogP) is 4.95. The van der Waals surface area contributed by atoms with Gasteiger partial charge in [-0.3, -0.25) is 9.38 Å². The number of fused-ring (bicyclic) bond motifs is 2. The highest BCUT2D eigenvalue weighted by Crippen LogP contribution is 2.32. The van der Waals surface area contributed by atoms with Gasteiger partial charge in [0.15, 0.2) is 5.65 Å². The van der Waals surface area contributed by atoms with E-state index in [0.717, 1.165) is 33.5 Å². The van der Waals surface area contributed by atoms with Crippen LogP contribution in [-0.2, 0) is 0 Å². The van der Waals surface area contributed by atoms with Crippen LogP contribution < -0.4 is 4.74 Å². The van der Waals surface area contributed by atoms with Crippen LogP contribution in [0.1, 0.15) is 12.6 Å². The molecule has 0 spiro atoms. The molecular weight excluding hydrogens is 340 g/mol. The molecule has 0 saturated carbocycles. The van der Waals surface area contributed by atoms with Crippen molar-refractivity contribution >= 4 is 16.6 Å². The lowest BCUT2D eigenvalue weighted by molar-refractivity contribution is 0.468. The molecule has 1 aromatic carbocycles. The summed E-state index contributed by atoms with van der Waals surface area (Å²) in [6, 6.07) is 9.50. The summed E-state index contributed by atoms with van der Waals surface area (Å²) in [6.07, 6.45) is 6.99. The minimum absolute atomic E-state index is 0.170. The van der Waals surface area contributed by atoms with E-state index in [1.54, 1.807) is 24.7 Å². The summed E-state index contributed by atoms with van der Waals surface area (Å²) in [5, 5.41) is 0.829. The molecule has 0 bridgehead atoms. The highest BCUT2D eigenvalue weighted by atomic mass is 16.5. The molecule has 0 fully saturated rings. The molecule has 0 aliphatic carbocycles. The molecule has 0 saturated heterocycles. The zero-order valence-corrected chi connectivity index (χ0v) is 14.8. The van der Waals surface area contributed by atoms with Gasteiger partial charge in [0.2, 0.25) is 5.88 Å². The fourth-order valence-corrected chi connectivity index (χ4v) is 3.28. The highest BCUT2D eigenvalue weighted by molar-refractivity contribution is 5.82. The number of hydrogen-bond acceptors (Lipinski definition) is 5. The Morgan fingerprint density at radius 1 is 1.07 bits per heavy atom. The number of pyridine rings is 1. The van der Waals surface area contributed by atoms with E-state index in [1.807, 2.05) is 48.7 Å². The molecule has 5 aromatic rings. The van der Waals surface area contributed by atoms with Crippen molar-refractivity contribution in [2.45, 2.75) is 13.8 Å². The summed E-state index contributed by atoms with van der Waals surface area (Å²) in [7, 11) is 0. The number of aromatic nitrogens is 4. The maximum Gasteiger partial charge on any atom is 0.230 e. The second kappa shape index (κ2) is 5.95. The zero-order chi connectivity index (χ0) is 19.3. The molecule has 132 valence electrons. The first kappa shape index (κ1) is 14.5. The number of hydrogen-bond donors (Lipinski definition) is 0. The zero-order valence-electron chi connectivity index (χ0n) is 15.8. The number of benzene rings is 1. The first-order chi connectivity index (χ1) is 13.6. The minimum atomic E-state index is 0.170. The number of imidazole rings is 1. The summed E-state index contributed by atoms with van der Waals surface area (Å²) < 4.78 is 21.3. The van der Waals surface area contributed by atoms with E-state index in [2.05, 4.69) is 15.0 Å². The average Bonchev–Trinajstić information content (AvgIpc) is 3.33. The smallest absolute Gasteiger partial charge is 0.230 e. The van der Waals surface area contributed by atoms with Crippen LogP contribution >= 0.6 is 0 Å². The van der Waals surface area contributed by atoms with Gasteiger partial charge in [0.1, 0.15) is 11.3 Å². The van der Waals surface area contributed by atoms with Gasteiger partial charge in [-0.15, -0.1) is 0 Å².